The molecule has 13 nitrogen and oxygen atoms in total. The van der Waals surface area contributed by atoms with E-state index in [-0.39, 0.29) is 42.3 Å². The number of aromatic hydroxyl groups is 1. The molecule has 6 rings (SSSR count). The van der Waals surface area contributed by atoms with Gasteiger partial charge in [-0.15, -0.1) is 0 Å². The summed E-state index contributed by atoms with van der Waals surface area (Å²) in [4.78, 5) is 70.2. The summed E-state index contributed by atoms with van der Waals surface area (Å²) in [5.74, 6) is 0.781. The average molecular weight is 795 g/mol. The largest absolute Gasteiger partial charge is 0.508 e. The lowest BCUT2D eigenvalue weighted by Crippen LogP contribution is -2.60. The summed E-state index contributed by atoms with van der Waals surface area (Å²) < 4.78 is 0. The van der Waals surface area contributed by atoms with Gasteiger partial charge in [0.1, 0.15) is 29.9 Å². The third-order valence-electron chi connectivity index (χ3n) is 13.6. The van der Waals surface area contributed by atoms with Crippen molar-refractivity contribution in [2.24, 2.45) is 53.1 Å². The number of nitrogens with two attached hydrogens (primary N) is 1. The van der Waals surface area contributed by atoms with Crippen LogP contribution in [0.25, 0.3) is 0 Å². The molecule has 1 unspecified atom stereocenters. The first-order valence-electron chi connectivity index (χ1n) is 21.8. The van der Waals surface area contributed by atoms with Crippen molar-refractivity contribution < 1.29 is 34.2 Å². The third-order valence-corrected chi connectivity index (χ3v) is 13.6. The van der Waals surface area contributed by atoms with Gasteiger partial charge in [-0.2, -0.15) is 0 Å². The number of likely N-dealkylation sites (tertiary alicyclic amines) is 1. The lowest BCUT2D eigenvalue weighted by atomic mass is 9.52. The number of carbonyl (C=O) groups excluding carboxylic acids is 4. The minimum atomic E-state index is -1.15. The molecule has 57 heavy (non-hydrogen) atoms. The number of nitrogens with one attached hydrogen (secondary N) is 4. The molecule has 4 aliphatic carbocycles. The highest BCUT2D eigenvalue weighted by Crippen LogP contribution is 2.56. The molecule has 4 saturated carbocycles. The van der Waals surface area contributed by atoms with Crippen LogP contribution < -0.4 is 27.0 Å². The average Bonchev–Trinajstić information content (AvgIpc) is 3.66. The molecule has 13 heteroatoms. The van der Waals surface area contributed by atoms with Gasteiger partial charge in [-0.25, -0.2) is 4.79 Å². The fourth-order valence-electron chi connectivity index (χ4n) is 10.5. The zero-order valence-corrected chi connectivity index (χ0v) is 34.9. The molecule has 5 aliphatic rings. The van der Waals surface area contributed by atoms with Crippen LogP contribution in [0, 0.1) is 47.3 Å². The Morgan fingerprint density at radius 2 is 1.49 bits per heavy atom. The van der Waals surface area contributed by atoms with E-state index in [4.69, 9.17) is 5.73 Å². The van der Waals surface area contributed by atoms with Crippen molar-refractivity contribution in [2.45, 2.75) is 142 Å². The molecule has 5 fully saturated rings. The van der Waals surface area contributed by atoms with Crippen LogP contribution >= 0.6 is 0 Å². The molecule has 0 aromatic heterocycles. The van der Waals surface area contributed by atoms with E-state index in [9.17, 15) is 34.2 Å². The van der Waals surface area contributed by atoms with Crippen LogP contribution in [-0.2, 0) is 30.4 Å². The predicted octanol–water partition coefficient (Wildman–Crippen LogP) is 3.96. The SMILES string of the molecule is CC[C@H](C)[C@H](NC(=O)[C@@H](Cc1ccc(O)cc1)NC(=O)[C@@H]1CCCN1C(=O)[C@H](CC(C)CCN)NCC1C2CC3CC(C2)CC1C3)C(=O)N[C@@H](CC(C)C)C(=O)O. The molecule has 1 saturated heterocycles. The highest BCUT2D eigenvalue weighted by Gasteiger charge is 2.48. The van der Waals surface area contributed by atoms with Gasteiger partial charge in [0.25, 0.3) is 0 Å². The van der Waals surface area contributed by atoms with Gasteiger partial charge in [0.05, 0.1) is 6.04 Å². The smallest absolute Gasteiger partial charge is 0.326 e. The Bertz CT molecular complexity index is 1510. The second kappa shape index (κ2) is 20.3. The Morgan fingerprint density at radius 3 is 2.07 bits per heavy atom. The van der Waals surface area contributed by atoms with Crippen LogP contribution in [0.3, 0.4) is 0 Å². The summed E-state index contributed by atoms with van der Waals surface area (Å²) in [6.45, 7) is 11.3. The van der Waals surface area contributed by atoms with Crippen LogP contribution in [0.2, 0.25) is 0 Å². The highest BCUT2D eigenvalue weighted by molar-refractivity contribution is 5.96. The summed E-state index contributed by atoms with van der Waals surface area (Å²) in [6.07, 6.45) is 9.94. The Kier molecular flexibility index (Phi) is 15.8. The number of nitrogens with zero attached hydrogens (tertiary/aromatic N) is 1. The number of carboxylic acid groups (broad SMARTS) is 1. The van der Waals surface area contributed by atoms with Crippen molar-refractivity contribution in [1.82, 2.24) is 26.2 Å². The van der Waals surface area contributed by atoms with E-state index in [2.05, 4.69) is 28.2 Å². The van der Waals surface area contributed by atoms with Crippen LogP contribution in [0.1, 0.15) is 111 Å². The van der Waals surface area contributed by atoms with Crippen LogP contribution in [0.5, 0.6) is 5.75 Å². The number of phenolic OH excluding ortho intramolecular Hbond substituents is 1. The maximum Gasteiger partial charge on any atom is 0.326 e. The number of hydrogen-bond donors (Lipinski definition) is 7. The first-order chi connectivity index (χ1) is 27.2. The molecule has 7 atom stereocenters. The van der Waals surface area contributed by atoms with Crippen LogP contribution in [0.15, 0.2) is 24.3 Å². The van der Waals surface area contributed by atoms with E-state index in [1.165, 1.54) is 44.2 Å². The number of amides is 4. The van der Waals surface area contributed by atoms with E-state index >= 15 is 0 Å². The van der Waals surface area contributed by atoms with Crippen molar-refractivity contribution >= 4 is 29.6 Å². The van der Waals surface area contributed by atoms with Crippen molar-refractivity contribution in [2.75, 3.05) is 19.6 Å². The van der Waals surface area contributed by atoms with Crippen molar-refractivity contribution in [1.29, 1.82) is 0 Å². The van der Waals surface area contributed by atoms with Crippen LogP contribution in [-0.4, -0.2) is 94.6 Å². The van der Waals surface area contributed by atoms with Gasteiger partial charge >= 0.3 is 5.97 Å². The summed E-state index contributed by atoms with van der Waals surface area (Å²) >= 11 is 0. The summed E-state index contributed by atoms with van der Waals surface area (Å²) in [5.41, 5.74) is 6.60. The molecule has 1 aromatic rings. The van der Waals surface area contributed by atoms with Gasteiger partial charge in [-0.1, -0.05) is 53.2 Å². The molecule has 4 bridgehead atoms. The van der Waals surface area contributed by atoms with E-state index in [1.54, 1.807) is 24.0 Å². The quantitative estimate of drug-likeness (QED) is 0.0962. The number of benzene rings is 1. The Hall–Kier alpha value is -3.71. The molecule has 8 N–H and O–H groups in total. The van der Waals surface area contributed by atoms with Gasteiger partial charge in [0, 0.05) is 13.0 Å². The van der Waals surface area contributed by atoms with Crippen molar-refractivity contribution in [3.63, 3.8) is 0 Å². The molecule has 1 heterocycles. The molecular formula is C44H70N6O7. The first-order valence-corrected chi connectivity index (χ1v) is 21.8. The number of phenols is 1. The maximum atomic E-state index is 14.5. The van der Waals surface area contributed by atoms with Gasteiger partial charge < -0.3 is 42.1 Å². The second-order valence-corrected chi connectivity index (χ2v) is 18.5. The zero-order valence-electron chi connectivity index (χ0n) is 34.9. The monoisotopic (exact) mass is 795 g/mol. The van der Waals surface area contributed by atoms with E-state index < -0.39 is 53.9 Å². The minimum absolute atomic E-state index is 0.0115. The molecule has 0 radical (unpaired) electrons. The third kappa shape index (κ3) is 11.7. The summed E-state index contributed by atoms with van der Waals surface area (Å²) in [7, 11) is 0. The Labute approximate surface area is 339 Å². The molecule has 1 aromatic carbocycles. The first kappa shape index (κ1) is 44.4. The predicted molar refractivity (Wildman–Crippen MR) is 219 cm³/mol. The van der Waals surface area contributed by atoms with Crippen molar-refractivity contribution in [3.8, 4) is 5.75 Å². The Morgan fingerprint density at radius 1 is 0.842 bits per heavy atom. The number of carboxylic acids is 1. The fraction of sp³-hybridized carbons (Fsp3) is 0.750. The van der Waals surface area contributed by atoms with Gasteiger partial charge in [-0.3, -0.25) is 19.2 Å². The summed E-state index contributed by atoms with van der Waals surface area (Å²) in [5, 5.41) is 31.8. The van der Waals surface area contributed by atoms with E-state index in [0.717, 1.165) is 36.6 Å². The second-order valence-electron chi connectivity index (χ2n) is 18.5. The minimum Gasteiger partial charge on any atom is -0.508 e. The standard InChI is InChI=1S/C44H70N6O7/c1-6-27(5)39(42(54)48-37(44(56)57)16-25(2)3)49-40(52)35(23-28-9-11-33(51)12-10-28)47-41(53)38-8-7-15-50(38)43(55)36(17-26(4)13-14-45)46-24-34-31-19-29-18-30(21-31)22-32(34)20-29/h9-12,25-27,29-32,34-39,46,51H,6-8,13-24,45H2,1-5H3,(H,47,53)(H,48,54)(H,49,52)(H,56,57)/t26?,27-,29?,30?,31?,32?,34?,35+,36-,37-,38-,39-/m0/s1. The lowest BCUT2D eigenvalue weighted by molar-refractivity contribution is -0.143. The van der Waals surface area contributed by atoms with Crippen molar-refractivity contribution in [3.05, 3.63) is 29.8 Å². The summed E-state index contributed by atoms with van der Waals surface area (Å²) in [6, 6.07) is 1.80. The number of aliphatic carboxylic acids is 1. The van der Waals surface area contributed by atoms with Crippen LogP contribution in [0.4, 0.5) is 0 Å². The van der Waals surface area contributed by atoms with E-state index in [0.29, 0.717) is 50.3 Å². The van der Waals surface area contributed by atoms with E-state index in [1.807, 2.05) is 20.8 Å². The molecular weight excluding hydrogens is 725 g/mol. The van der Waals surface area contributed by atoms with Gasteiger partial charge in [0.2, 0.25) is 23.6 Å². The molecule has 0 spiro atoms. The van der Waals surface area contributed by atoms with Gasteiger partial charge in [0.15, 0.2) is 0 Å². The zero-order chi connectivity index (χ0) is 41.4. The topological polar surface area (TPSA) is 203 Å². The number of rotatable bonds is 21. The molecule has 4 amide bonds. The normalized spacial score (nSPS) is 27.0. The number of hydrogen-bond acceptors (Lipinski definition) is 8. The lowest BCUT2D eigenvalue weighted by Gasteiger charge is -2.54. The highest BCUT2D eigenvalue weighted by atomic mass is 16.4. The maximum absolute atomic E-state index is 14.5. The molecule has 318 valence electrons. The Balaban J connectivity index is 1.31. The molecule has 1 aliphatic heterocycles. The fourth-order valence-corrected chi connectivity index (χ4v) is 10.5. The number of carbonyl (C=O) groups is 5. The van der Waals surface area contributed by atoms with Gasteiger partial charge in [-0.05, 0) is 142 Å².